The van der Waals surface area contributed by atoms with Crippen LogP contribution in [0, 0.1) is 0 Å². The maximum absolute atomic E-state index is 11.5. The largest absolute Gasteiger partial charge is 0.480 e. The number of fused-ring (bicyclic) bond motifs is 1. The van der Waals surface area contributed by atoms with Gasteiger partial charge >= 0.3 is 5.97 Å². The molecule has 2 aromatic rings. The number of nitrogens with zero attached hydrogens (tertiary/aromatic N) is 3. The molecule has 3 rings (SSSR count). The van der Waals surface area contributed by atoms with E-state index in [-0.39, 0.29) is 0 Å². The molecule has 1 aromatic carbocycles. The number of benzene rings is 1. The Kier molecular flexibility index (Phi) is 4.16. The predicted molar refractivity (Wildman–Crippen MR) is 85.8 cm³/mol. The minimum Gasteiger partial charge on any atom is -0.480 e. The highest BCUT2D eigenvalue weighted by Crippen LogP contribution is 2.25. The van der Waals surface area contributed by atoms with Crippen molar-refractivity contribution in [2.24, 2.45) is 0 Å². The molecule has 0 aliphatic carbocycles. The first-order chi connectivity index (χ1) is 10.6. The average Bonchev–Trinajstić information content (AvgIpc) is 2.86. The molecule has 1 aliphatic rings. The minimum atomic E-state index is -0.823. The maximum atomic E-state index is 11.5. The number of aliphatic carboxylic acids is 1. The van der Waals surface area contributed by atoms with Gasteiger partial charge < -0.3 is 9.67 Å². The molecule has 2 unspecified atom stereocenters. The summed E-state index contributed by atoms with van der Waals surface area (Å²) >= 11 is 0. The van der Waals surface area contributed by atoms with Crippen LogP contribution in [0.1, 0.15) is 45.0 Å². The van der Waals surface area contributed by atoms with Gasteiger partial charge in [0.05, 0.1) is 17.6 Å². The first-order valence-electron chi connectivity index (χ1n) is 8.00. The Balaban J connectivity index is 2.00. The summed E-state index contributed by atoms with van der Waals surface area (Å²) < 4.78 is 1.87. The molecular formula is C17H23N3O2. The Morgan fingerprint density at radius 2 is 2.18 bits per heavy atom. The van der Waals surface area contributed by atoms with Crippen LogP contribution in [0.2, 0.25) is 0 Å². The number of piperidine rings is 1. The van der Waals surface area contributed by atoms with Crippen LogP contribution in [0.15, 0.2) is 24.3 Å². The van der Waals surface area contributed by atoms with Crippen LogP contribution < -0.4 is 0 Å². The highest BCUT2D eigenvalue weighted by molar-refractivity contribution is 5.80. The van der Waals surface area contributed by atoms with Crippen molar-refractivity contribution >= 4 is 17.0 Å². The fraction of sp³-hybridized carbons (Fsp3) is 0.529. The number of imidazole rings is 1. The van der Waals surface area contributed by atoms with Gasteiger partial charge in [-0.2, -0.15) is 0 Å². The van der Waals surface area contributed by atoms with E-state index in [0.717, 1.165) is 23.4 Å². The van der Waals surface area contributed by atoms with Crippen molar-refractivity contribution in [3.8, 4) is 0 Å². The van der Waals surface area contributed by atoms with Gasteiger partial charge in [-0.05, 0) is 45.4 Å². The van der Waals surface area contributed by atoms with Crippen molar-refractivity contribution in [1.29, 1.82) is 0 Å². The zero-order valence-corrected chi connectivity index (χ0v) is 13.2. The van der Waals surface area contributed by atoms with Crippen LogP contribution >= 0.6 is 0 Å². The molecule has 1 aliphatic heterocycles. The fourth-order valence-electron chi connectivity index (χ4n) is 3.32. The normalized spacial score (nSPS) is 21.1. The number of para-hydroxylation sites is 2. The highest BCUT2D eigenvalue weighted by atomic mass is 16.4. The van der Waals surface area contributed by atoms with Gasteiger partial charge in [0, 0.05) is 6.04 Å². The summed E-state index contributed by atoms with van der Waals surface area (Å²) in [5.74, 6) is 0.0287. The van der Waals surface area contributed by atoms with Crippen molar-refractivity contribution in [1.82, 2.24) is 14.5 Å². The lowest BCUT2D eigenvalue weighted by molar-refractivity contribution is -0.140. The van der Waals surface area contributed by atoms with Crippen LogP contribution in [0.4, 0.5) is 0 Å². The number of aromatic nitrogens is 2. The molecule has 5 nitrogen and oxygen atoms in total. The lowest BCUT2D eigenvalue weighted by Gasteiger charge is -2.33. The van der Waals surface area contributed by atoms with Crippen molar-refractivity contribution in [3.63, 3.8) is 0 Å². The summed E-state index contributed by atoms with van der Waals surface area (Å²) in [6.07, 6.45) is 3.69. The van der Waals surface area contributed by atoms with Crippen LogP contribution in [0.5, 0.6) is 0 Å². The number of hydrogen-bond acceptors (Lipinski definition) is 3. The first-order valence-corrected chi connectivity index (χ1v) is 8.00. The Bertz CT molecular complexity index is 680. The van der Waals surface area contributed by atoms with Gasteiger partial charge in [0.25, 0.3) is 0 Å². The standard InChI is InChI=1S/C17H23N3O2/c1-12-7-5-6-10-19(12)11-16-18-14-8-3-4-9-15(14)20(16)13(2)17(21)22/h3-4,8-9,12-13H,5-7,10-11H2,1-2H3,(H,21,22). The van der Waals surface area contributed by atoms with E-state index in [1.807, 2.05) is 28.8 Å². The number of hydrogen-bond donors (Lipinski definition) is 1. The van der Waals surface area contributed by atoms with Crippen LogP contribution in [0.3, 0.4) is 0 Å². The van der Waals surface area contributed by atoms with Gasteiger partial charge in [-0.1, -0.05) is 18.6 Å². The third-order valence-electron chi connectivity index (χ3n) is 4.70. The SMILES string of the molecule is CC1CCCCN1Cc1nc2ccccc2n1C(C)C(=O)O. The molecule has 0 saturated carbocycles. The van der Waals surface area contributed by atoms with E-state index in [1.54, 1.807) is 6.92 Å². The van der Waals surface area contributed by atoms with Gasteiger partial charge in [-0.25, -0.2) is 9.78 Å². The smallest absolute Gasteiger partial charge is 0.326 e. The van der Waals surface area contributed by atoms with E-state index in [2.05, 4.69) is 11.8 Å². The summed E-state index contributed by atoms with van der Waals surface area (Å²) in [5.41, 5.74) is 1.77. The summed E-state index contributed by atoms with van der Waals surface area (Å²) in [7, 11) is 0. The number of likely N-dealkylation sites (tertiary alicyclic amines) is 1. The van der Waals surface area contributed by atoms with Gasteiger partial charge in [-0.15, -0.1) is 0 Å². The minimum absolute atomic E-state index is 0.530. The van der Waals surface area contributed by atoms with E-state index in [0.29, 0.717) is 12.6 Å². The van der Waals surface area contributed by atoms with Crippen molar-refractivity contribution in [2.45, 2.75) is 51.7 Å². The summed E-state index contributed by atoms with van der Waals surface area (Å²) in [4.78, 5) is 18.6. The van der Waals surface area contributed by atoms with Crippen LogP contribution in [-0.4, -0.2) is 38.1 Å². The summed E-state index contributed by atoms with van der Waals surface area (Å²) in [6.45, 7) is 5.74. The molecule has 1 saturated heterocycles. The zero-order chi connectivity index (χ0) is 15.7. The molecule has 1 fully saturated rings. The lowest BCUT2D eigenvalue weighted by Crippen LogP contribution is -2.37. The Labute approximate surface area is 130 Å². The first kappa shape index (κ1) is 15.0. The van der Waals surface area contributed by atoms with Gasteiger partial charge in [-0.3, -0.25) is 4.90 Å². The van der Waals surface area contributed by atoms with Gasteiger partial charge in [0.1, 0.15) is 11.9 Å². The number of carboxylic acid groups (broad SMARTS) is 1. The summed E-state index contributed by atoms with van der Waals surface area (Å²) in [5, 5.41) is 9.43. The second-order valence-corrected chi connectivity index (χ2v) is 6.22. The topological polar surface area (TPSA) is 58.4 Å². The molecule has 0 bridgehead atoms. The Morgan fingerprint density at radius 1 is 1.41 bits per heavy atom. The van der Waals surface area contributed by atoms with Crippen LogP contribution in [-0.2, 0) is 11.3 Å². The summed E-state index contributed by atoms with van der Waals surface area (Å²) in [6, 6.07) is 7.69. The fourth-order valence-corrected chi connectivity index (χ4v) is 3.32. The second kappa shape index (κ2) is 6.08. The van der Waals surface area contributed by atoms with Crippen molar-refractivity contribution in [3.05, 3.63) is 30.1 Å². The molecule has 1 N–H and O–H groups in total. The quantitative estimate of drug-likeness (QED) is 0.943. The third-order valence-corrected chi connectivity index (χ3v) is 4.70. The molecule has 118 valence electrons. The predicted octanol–water partition coefficient (Wildman–Crippen LogP) is 3.06. The molecule has 0 radical (unpaired) electrons. The van der Waals surface area contributed by atoms with E-state index in [1.165, 1.54) is 19.3 Å². The number of carboxylic acids is 1. The zero-order valence-electron chi connectivity index (χ0n) is 13.2. The molecule has 0 spiro atoms. The Morgan fingerprint density at radius 3 is 2.91 bits per heavy atom. The van der Waals surface area contributed by atoms with Crippen molar-refractivity contribution in [2.75, 3.05) is 6.54 Å². The second-order valence-electron chi connectivity index (χ2n) is 6.22. The molecule has 2 heterocycles. The Hall–Kier alpha value is -1.88. The number of rotatable bonds is 4. The molecular weight excluding hydrogens is 278 g/mol. The van der Waals surface area contributed by atoms with Crippen molar-refractivity contribution < 1.29 is 9.90 Å². The van der Waals surface area contributed by atoms with E-state index in [9.17, 15) is 9.90 Å². The molecule has 1 aromatic heterocycles. The number of carbonyl (C=O) groups is 1. The van der Waals surface area contributed by atoms with E-state index >= 15 is 0 Å². The lowest BCUT2D eigenvalue weighted by atomic mass is 10.0. The highest BCUT2D eigenvalue weighted by Gasteiger charge is 2.24. The third kappa shape index (κ3) is 2.73. The molecule has 2 atom stereocenters. The van der Waals surface area contributed by atoms with Gasteiger partial charge in [0.15, 0.2) is 0 Å². The monoisotopic (exact) mass is 301 g/mol. The molecule has 0 amide bonds. The van der Waals surface area contributed by atoms with Crippen LogP contribution in [0.25, 0.3) is 11.0 Å². The van der Waals surface area contributed by atoms with Gasteiger partial charge in [0.2, 0.25) is 0 Å². The maximum Gasteiger partial charge on any atom is 0.326 e. The van der Waals surface area contributed by atoms with E-state index < -0.39 is 12.0 Å². The average molecular weight is 301 g/mol. The van der Waals surface area contributed by atoms with E-state index in [4.69, 9.17) is 4.98 Å². The molecule has 5 heteroatoms. The molecule has 22 heavy (non-hydrogen) atoms.